The van der Waals surface area contributed by atoms with E-state index in [-0.39, 0.29) is 6.54 Å². The summed E-state index contributed by atoms with van der Waals surface area (Å²) in [5, 5.41) is 4.47. The van der Waals surface area contributed by atoms with Gasteiger partial charge in [-0.05, 0) is 11.1 Å². The lowest BCUT2D eigenvalue weighted by Gasteiger charge is -2.06. The Labute approximate surface area is 90.7 Å². The van der Waals surface area contributed by atoms with Crippen LogP contribution in [-0.2, 0) is 13.1 Å². The first-order valence-corrected chi connectivity index (χ1v) is 4.86. The summed E-state index contributed by atoms with van der Waals surface area (Å²) >= 11 is 0. The van der Waals surface area contributed by atoms with Crippen molar-refractivity contribution in [2.45, 2.75) is 13.1 Å². The van der Waals surface area contributed by atoms with Gasteiger partial charge in [-0.2, -0.15) is 0 Å². The second-order valence-electron chi connectivity index (χ2n) is 3.42. The Kier molecular flexibility index (Phi) is 2.74. The van der Waals surface area contributed by atoms with Crippen LogP contribution < -0.4 is 17.1 Å². The van der Waals surface area contributed by atoms with Gasteiger partial charge in [-0.1, -0.05) is 24.3 Å². The number of aromatic nitrogens is 3. The third kappa shape index (κ3) is 1.82. The zero-order valence-corrected chi connectivity index (χ0v) is 8.56. The summed E-state index contributed by atoms with van der Waals surface area (Å²) in [6.45, 7) is 0.609. The fraction of sp³-hybridized carbons (Fsp3) is 0.200. The highest BCUT2D eigenvalue weighted by atomic mass is 16.2. The van der Waals surface area contributed by atoms with Crippen LogP contribution in [0.1, 0.15) is 11.1 Å². The Morgan fingerprint density at radius 3 is 2.19 bits per heavy atom. The zero-order valence-electron chi connectivity index (χ0n) is 8.56. The molecule has 0 saturated heterocycles. The number of nitrogens with zero attached hydrogens (tertiary/aromatic N) is 1. The molecule has 0 aliphatic heterocycles. The van der Waals surface area contributed by atoms with Crippen LogP contribution >= 0.6 is 0 Å². The molecule has 0 unspecified atom stereocenters. The van der Waals surface area contributed by atoms with Crippen molar-refractivity contribution in [2.75, 3.05) is 0 Å². The monoisotopic (exact) mass is 220 g/mol. The number of hydrogen-bond acceptors (Lipinski definition) is 3. The average Bonchev–Trinajstić information content (AvgIpc) is 2.61. The van der Waals surface area contributed by atoms with Crippen LogP contribution in [0.3, 0.4) is 0 Å². The molecule has 2 aromatic rings. The van der Waals surface area contributed by atoms with Crippen LogP contribution in [0, 0.1) is 0 Å². The minimum atomic E-state index is -0.447. The highest BCUT2D eigenvalue weighted by molar-refractivity contribution is 5.26. The molecule has 0 spiro atoms. The van der Waals surface area contributed by atoms with Crippen LogP contribution in [-0.4, -0.2) is 14.8 Å². The molecule has 0 aliphatic rings. The van der Waals surface area contributed by atoms with Gasteiger partial charge >= 0.3 is 11.4 Å². The van der Waals surface area contributed by atoms with E-state index in [2.05, 4.69) is 10.2 Å². The van der Waals surface area contributed by atoms with Gasteiger partial charge in [0, 0.05) is 6.54 Å². The molecule has 6 heteroatoms. The normalized spacial score (nSPS) is 10.6. The second-order valence-corrected chi connectivity index (χ2v) is 3.42. The van der Waals surface area contributed by atoms with Gasteiger partial charge in [-0.25, -0.2) is 24.4 Å². The largest absolute Gasteiger partial charge is 0.344 e. The first kappa shape index (κ1) is 10.4. The molecule has 0 fully saturated rings. The van der Waals surface area contributed by atoms with E-state index < -0.39 is 11.4 Å². The van der Waals surface area contributed by atoms with E-state index in [1.807, 2.05) is 24.3 Å². The minimum Gasteiger partial charge on any atom is -0.326 e. The molecule has 0 saturated carbocycles. The highest BCUT2D eigenvalue weighted by Crippen LogP contribution is 2.07. The molecule has 0 atom stereocenters. The van der Waals surface area contributed by atoms with Gasteiger partial charge in [0.25, 0.3) is 0 Å². The van der Waals surface area contributed by atoms with Crippen molar-refractivity contribution in [1.29, 1.82) is 0 Å². The van der Waals surface area contributed by atoms with Gasteiger partial charge in [-0.3, -0.25) is 0 Å². The molecule has 6 nitrogen and oxygen atoms in total. The smallest absolute Gasteiger partial charge is 0.326 e. The van der Waals surface area contributed by atoms with Gasteiger partial charge in [0.2, 0.25) is 0 Å². The summed E-state index contributed by atoms with van der Waals surface area (Å²) in [5.74, 6) is 0. The summed E-state index contributed by atoms with van der Waals surface area (Å²) in [5.41, 5.74) is 6.48. The number of nitrogens with two attached hydrogens (primary N) is 1. The van der Waals surface area contributed by atoms with E-state index in [4.69, 9.17) is 5.73 Å². The Balaban J connectivity index is 2.41. The molecular weight excluding hydrogens is 208 g/mol. The highest BCUT2D eigenvalue weighted by Gasteiger charge is 2.06. The molecular formula is C10H12N4O2. The molecule has 0 radical (unpaired) electrons. The van der Waals surface area contributed by atoms with E-state index in [9.17, 15) is 9.59 Å². The number of rotatable bonds is 3. The average molecular weight is 220 g/mol. The predicted molar refractivity (Wildman–Crippen MR) is 59.1 cm³/mol. The van der Waals surface area contributed by atoms with Gasteiger partial charge in [0.05, 0.1) is 6.54 Å². The van der Waals surface area contributed by atoms with E-state index in [0.29, 0.717) is 6.54 Å². The van der Waals surface area contributed by atoms with Crippen molar-refractivity contribution in [3.8, 4) is 0 Å². The van der Waals surface area contributed by atoms with Gasteiger partial charge < -0.3 is 5.73 Å². The molecule has 0 amide bonds. The van der Waals surface area contributed by atoms with Gasteiger partial charge in [-0.15, -0.1) is 0 Å². The number of benzene rings is 1. The molecule has 16 heavy (non-hydrogen) atoms. The molecule has 0 bridgehead atoms. The van der Waals surface area contributed by atoms with E-state index in [1.54, 1.807) is 0 Å². The lowest BCUT2D eigenvalue weighted by Crippen LogP contribution is -2.27. The number of hydrogen-bond donors (Lipinski definition) is 3. The second kappa shape index (κ2) is 4.19. The molecule has 1 aromatic heterocycles. The Bertz CT molecular complexity index is 566. The quantitative estimate of drug-likeness (QED) is 0.642. The number of nitrogens with one attached hydrogen (secondary N) is 2. The van der Waals surface area contributed by atoms with Crippen molar-refractivity contribution in [1.82, 2.24) is 14.8 Å². The SMILES string of the molecule is NCc1ccccc1Cn1c(=O)[nH][nH]c1=O. The van der Waals surface area contributed by atoms with Crippen molar-refractivity contribution in [2.24, 2.45) is 5.73 Å². The molecule has 1 aromatic carbocycles. The molecule has 1 heterocycles. The van der Waals surface area contributed by atoms with Crippen LogP contribution in [0.2, 0.25) is 0 Å². The fourth-order valence-electron chi connectivity index (χ4n) is 1.56. The lowest BCUT2D eigenvalue weighted by molar-refractivity contribution is 0.725. The molecule has 0 aliphatic carbocycles. The van der Waals surface area contributed by atoms with Crippen molar-refractivity contribution < 1.29 is 0 Å². The standard InChI is InChI=1S/C10H12N4O2/c11-5-7-3-1-2-4-8(7)6-14-9(15)12-13-10(14)16/h1-4H,5-6,11H2,(H,12,15)(H,13,16). The molecule has 2 rings (SSSR count). The van der Waals surface area contributed by atoms with Crippen molar-refractivity contribution in [3.05, 3.63) is 56.4 Å². The zero-order chi connectivity index (χ0) is 11.5. The first-order chi connectivity index (χ1) is 7.72. The summed E-state index contributed by atoms with van der Waals surface area (Å²) in [7, 11) is 0. The maximum absolute atomic E-state index is 11.3. The third-order valence-electron chi connectivity index (χ3n) is 2.43. The van der Waals surface area contributed by atoms with E-state index >= 15 is 0 Å². The van der Waals surface area contributed by atoms with Crippen molar-refractivity contribution >= 4 is 0 Å². The summed E-state index contributed by atoms with van der Waals surface area (Å²) in [6.07, 6.45) is 0. The van der Waals surface area contributed by atoms with Gasteiger partial charge in [0.1, 0.15) is 0 Å². The predicted octanol–water partition coefficient (Wildman–Crippen LogP) is -0.628. The topological polar surface area (TPSA) is 96.7 Å². The van der Waals surface area contributed by atoms with Crippen LogP contribution in [0.25, 0.3) is 0 Å². The van der Waals surface area contributed by atoms with E-state index in [1.165, 1.54) is 0 Å². The van der Waals surface area contributed by atoms with Gasteiger partial charge in [0.15, 0.2) is 0 Å². The summed E-state index contributed by atoms with van der Waals surface area (Å²) in [4.78, 5) is 22.6. The Morgan fingerprint density at radius 2 is 1.62 bits per heavy atom. The van der Waals surface area contributed by atoms with Crippen LogP contribution in [0.15, 0.2) is 33.9 Å². The maximum atomic E-state index is 11.3. The number of aromatic amines is 2. The molecule has 84 valence electrons. The van der Waals surface area contributed by atoms with Crippen molar-refractivity contribution in [3.63, 3.8) is 0 Å². The fourth-order valence-corrected chi connectivity index (χ4v) is 1.56. The van der Waals surface area contributed by atoms with Crippen LogP contribution in [0.4, 0.5) is 0 Å². The number of H-pyrrole nitrogens is 2. The third-order valence-corrected chi connectivity index (χ3v) is 2.43. The first-order valence-electron chi connectivity index (χ1n) is 4.86. The maximum Gasteiger partial charge on any atom is 0.344 e. The Hall–Kier alpha value is -2.08. The summed E-state index contributed by atoms with van der Waals surface area (Å²) in [6, 6.07) is 7.44. The lowest BCUT2D eigenvalue weighted by atomic mass is 10.1. The Morgan fingerprint density at radius 1 is 1.06 bits per heavy atom. The minimum absolute atomic E-state index is 0.227. The van der Waals surface area contributed by atoms with E-state index in [0.717, 1.165) is 15.7 Å². The molecule has 4 N–H and O–H groups in total. The van der Waals surface area contributed by atoms with Crippen LogP contribution in [0.5, 0.6) is 0 Å². The summed E-state index contributed by atoms with van der Waals surface area (Å²) < 4.78 is 1.09.